The molecule has 9 heteroatoms. The minimum atomic E-state index is -1.01. The van der Waals surface area contributed by atoms with Crippen LogP contribution >= 0.6 is 22.6 Å². The van der Waals surface area contributed by atoms with Crippen LogP contribution < -0.4 is 5.32 Å². The Kier molecular flexibility index (Phi) is 6.01. The Morgan fingerprint density at radius 2 is 1.96 bits per heavy atom. The molecule has 0 radical (unpaired) electrons. The number of rotatable bonds is 7. The number of carbonyl (C=O) groups excluding carboxylic acids is 2. The summed E-state index contributed by atoms with van der Waals surface area (Å²) < 4.78 is 1.12. The van der Waals surface area contributed by atoms with E-state index in [0.29, 0.717) is 5.82 Å². The van der Waals surface area contributed by atoms with Crippen LogP contribution in [0.15, 0.2) is 30.5 Å². The summed E-state index contributed by atoms with van der Waals surface area (Å²) in [4.78, 5) is 44.9. The molecule has 28 heavy (non-hydrogen) atoms. The number of aromatic amines is 1. The van der Waals surface area contributed by atoms with E-state index in [2.05, 4.69) is 37.9 Å². The maximum absolute atomic E-state index is 12.8. The predicted molar refractivity (Wildman–Crippen MR) is 110 cm³/mol. The molecule has 8 nitrogen and oxygen atoms in total. The van der Waals surface area contributed by atoms with Crippen molar-refractivity contribution in [3.63, 3.8) is 0 Å². The fraction of sp³-hybridized carbons (Fsp3) is 0.368. The third kappa shape index (κ3) is 4.18. The van der Waals surface area contributed by atoms with Crippen molar-refractivity contribution < 1.29 is 19.5 Å². The van der Waals surface area contributed by atoms with Crippen molar-refractivity contribution in [3.05, 3.63) is 39.9 Å². The van der Waals surface area contributed by atoms with Gasteiger partial charge in [0.15, 0.2) is 0 Å². The molecule has 0 bridgehead atoms. The van der Waals surface area contributed by atoms with E-state index in [-0.39, 0.29) is 18.8 Å². The lowest BCUT2D eigenvalue weighted by atomic mass is 10.0. The van der Waals surface area contributed by atoms with Crippen molar-refractivity contribution >= 4 is 40.5 Å². The van der Waals surface area contributed by atoms with E-state index in [9.17, 15) is 14.4 Å². The number of carboxylic acids is 1. The second kappa shape index (κ2) is 8.29. The number of imide groups is 1. The standard InChI is InChI=1S/C19H21IN4O4/c1-10(2)16(24-18(27)13(23-19(24)28)7-8-15(25)26)17-21-9-14(22-17)11-3-5-12(20)6-4-11/h3-6,9-10,13,16H,7-8H2,1-2H3,(H,21,22)(H,23,28)(H,25,26)/t13-,16+/m0/s1. The minimum Gasteiger partial charge on any atom is -0.481 e. The molecule has 3 rings (SSSR count). The summed E-state index contributed by atoms with van der Waals surface area (Å²) in [5, 5.41) is 11.4. The van der Waals surface area contributed by atoms with Gasteiger partial charge in [0.1, 0.15) is 17.9 Å². The summed E-state index contributed by atoms with van der Waals surface area (Å²) in [5.74, 6) is -0.985. The third-order valence-electron chi connectivity index (χ3n) is 4.64. The Bertz CT molecular complexity index is 894. The van der Waals surface area contributed by atoms with E-state index in [4.69, 9.17) is 5.11 Å². The molecule has 1 aromatic carbocycles. The Morgan fingerprint density at radius 3 is 2.57 bits per heavy atom. The molecule has 0 aliphatic carbocycles. The average molecular weight is 496 g/mol. The molecular formula is C19H21IN4O4. The van der Waals surface area contributed by atoms with Gasteiger partial charge < -0.3 is 15.4 Å². The Hall–Kier alpha value is -2.43. The molecule has 1 fully saturated rings. The quantitative estimate of drug-likeness (QED) is 0.403. The Morgan fingerprint density at radius 1 is 1.29 bits per heavy atom. The summed E-state index contributed by atoms with van der Waals surface area (Å²) >= 11 is 2.23. The number of carbonyl (C=O) groups is 3. The summed E-state index contributed by atoms with van der Waals surface area (Å²) in [6.07, 6.45) is 1.56. The smallest absolute Gasteiger partial charge is 0.325 e. The highest BCUT2D eigenvalue weighted by Crippen LogP contribution is 2.31. The van der Waals surface area contributed by atoms with E-state index >= 15 is 0 Å². The number of H-pyrrole nitrogens is 1. The van der Waals surface area contributed by atoms with Gasteiger partial charge in [-0.25, -0.2) is 9.78 Å². The van der Waals surface area contributed by atoms with Gasteiger partial charge in [-0.2, -0.15) is 0 Å². The van der Waals surface area contributed by atoms with Crippen molar-refractivity contribution in [3.8, 4) is 11.3 Å². The number of carboxylic acid groups (broad SMARTS) is 1. The van der Waals surface area contributed by atoms with Gasteiger partial charge >= 0.3 is 12.0 Å². The van der Waals surface area contributed by atoms with Crippen LogP contribution in [0.3, 0.4) is 0 Å². The first-order chi connectivity index (χ1) is 13.3. The van der Waals surface area contributed by atoms with Gasteiger partial charge in [0.2, 0.25) is 0 Å². The third-order valence-corrected chi connectivity index (χ3v) is 5.36. The fourth-order valence-electron chi connectivity index (χ4n) is 3.27. The van der Waals surface area contributed by atoms with Gasteiger partial charge in [-0.1, -0.05) is 26.0 Å². The molecule has 3 amide bonds. The molecule has 0 saturated carbocycles. The van der Waals surface area contributed by atoms with Gasteiger partial charge in [-0.15, -0.1) is 0 Å². The van der Waals surface area contributed by atoms with Crippen LogP contribution in [0.5, 0.6) is 0 Å². The van der Waals surface area contributed by atoms with Gasteiger partial charge in [0.05, 0.1) is 11.9 Å². The first-order valence-corrected chi connectivity index (χ1v) is 10.0. The number of benzene rings is 1. The van der Waals surface area contributed by atoms with Crippen LogP contribution in [0.2, 0.25) is 0 Å². The number of aliphatic carboxylic acids is 1. The Balaban J connectivity index is 1.86. The number of amides is 3. The first-order valence-electron chi connectivity index (χ1n) is 8.94. The van der Waals surface area contributed by atoms with Crippen molar-refractivity contribution in [2.45, 2.75) is 38.8 Å². The van der Waals surface area contributed by atoms with Gasteiger partial charge in [-0.05, 0) is 52.6 Å². The molecule has 0 spiro atoms. The number of nitrogens with one attached hydrogen (secondary N) is 2. The highest BCUT2D eigenvalue weighted by atomic mass is 127. The lowest BCUT2D eigenvalue weighted by molar-refractivity contribution is -0.137. The number of hydrogen-bond acceptors (Lipinski definition) is 4. The lowest BCUT2D eigenvalue weighted by Crippen LogP contribution is -2.38. The maximum atomic E-state index is 12.8. The summed E-state index contributed by atoms with van der Waals surface area (Å²) in [6.45, 7) is 3.81. The topological polar surface area (TPSA) is 115 Å². The number of halogens is 1. The van der Waals surface area contributed by atoms with Crippen molar-refractivity contribution in [1.82, 2.24) is 20.2 Å². The Labute approximate surface area is 175 Å². The van der Waals surface area contributed by atoms with Crippen molar-refractivity contribution in [2.24, 2.45) is 5.92 Å². The largest absolute Gasteiger partial charge is 0.481 e. The van der Waals surface area contributed by atoms with Gasteiger partial charge in [0.25, 0.3) is 5.91 Å². The number of nitrogens with zero attached hydrogens (tertiary/aromatic N) is 2. The molecule has 1 aromatic heterocycles. The molecule has 148 valence electrons. The monoisotopic (exact) mass is 496 g/mol. The highest BCUT2D eigenvalue weighted by molar-refractivity contribution is 14.1. The van der Waals surface area contributed by atoms with Crippen molar-refractivity contribution in [1.29, 1.82) is 0 Å². The number of imidazole rings is 1. The van der Waals surface area contributed by atoms with E-state index in [0.717, 1.165) is 19.7 Å². The molecule has 2 atom stereocenters. The van der Waals surface area contributed by atoms with Crippen LogP contribution in [0.4, 0.5) is 4.79 Å². The second-order valence-corrected chi connectivity index (χ2v) is 8.27. The summed E-state index contributed by atoms with van der Waals surface area (Å²) in [6, 6.07) is 6.00. The SMILES string of the molecule is CC(C)[C@H](c1ncc(-c2ccc(I)cc2)[nH]1)N1C(=O)N[C@@H](CCC(=O)O)C1=O. The molecular weight excluding hydrogens is 475 g/mol. The summed E-state index contributed by atoms with van der Waals surface area (Å²) in [7, 11) is 0. The van der Waals surface area contributed by atoms with Crippen LogP contribution in [0, 0.1) is 9.49 Å². The molecule has 2 aromatic rings. The van der Waals surface area contributed by atoms with Crippen LogP contribution in [-0.4, -0.2) is 43.9 Å². The minimum absolute atomic E-state index is 0.0628. The highest BCUT2D eigenvalue weighted by Gasteiger charge is 2.44. The van der Waals surface area contributed by atoms with E-state index in [1.807, 2.05) is 38.1 Å². The zero-order chi connectivity index (χ0) is 20.4. The van der Waals surface area contributed by atoms with E-state index in [1.54, 1.807) is 6.20 Å². The average Bonchev–Trinajstić information content (AvgIpc) is 3.21. The number of hydrogen-bond donors (Lipinski definition) is 3. The maximum Gasteiger partial charge on any atom is 0.325 e. The zero-order valence-corrected chi connectivity index (χ0v) is 17.6. The van der Waals surface area contributed by atoms with Crippen molar-refractivity contribution in [2.75, 3.05) is 0 Å². The zero-order valence-electron chi connectivity index (χ0n) is 15.5. The van der Waals surface area contributed by atoms with E-state index < -0.39 is 30.0 Å². The fourth-order valence-corrected chi connectivity index (χ4v) is 3.63. The predicted octanol–water partition coefficient (Wildman–Crippen LogP) is 3.16. The number of urea groups is 1. The molecule has 3 N–H and O–H groups in total. The second-order valence-electron chi connectivity index (χ2n) is 7.02. The van der Waals surface area contributed by atoms with Crippen LogP contribution in [0.1, 0.15) is 38.6 Å². The summed E-state index contributed by atoms with van der Waals surface area (Å²) in [5.41, 5.74) is 1.75. The lowest BCUT2D eigenvalue weighted by Gasteiger charge is -2.27. The first kappa shape index (κ1) is 20.3. The van der Waals surface area contributed by atoms with Crippen LogP contribution in [-0.2, 0) is 9.59 Å². The molecule has 0 unspecified atom stereocenters. The molecule has 1 aliphatic rings. The molecule has 1 saturated heterocycles. The molecule has 1 aliphatic heterocycles. The van der Waals surface area contributed by atoms with Crippen LogP contribution in [0.25, 0.3) is 11.3 Å². The number of aromatic nitrogens is 2. The van der Waals surface area contributed by atoms with Gasteiger partial charge in [-0.3, -0.25) is 14.5 Å². The van der Waals surface area contributed by atoms with E-state index in [1.165, 1.54) is 0 Å². The normalized spacial score (nSPS) is 17.9. The van der Waals surface area contributed by atoms with Gasteiger partial charge in [0, 0.05) is 9.99 Å². The molecule has 2 heterocycles.